The highest BCUT2D eigenvalue weighted by atomic mass is 35.5. The minimum Gasteiger partial charge on any atom is -0.395 e. The highest BCUT2D eigenvalue weighted by Crippen LogP contribution is 2.35. The summed E-state index contributed by atoms with van der Waals surface area (Å²) in [5, 5.41) is 18.6. The van der Waals surface area contributed by atoms with Gasteiger partial charge in [0.2, 0.25) is 0 Å². The molecule has 0 aliphatic rings. The van der Waals surface area contributed by atoms with Crippen molar-refractivity contribution in [3.8, 4) is 22.4 Å². The Bertz CT molecular complexity index is 1350. The number of halogens is 3. The van der Waals surface area contributed by atoms with Crippen LogP contribution >= 0.6 is 36.4 Å². The molecular weight excluding hydrogens is 493 g/mol. The van der Waals surface area contributed by atoms with Crippen molar-refractivity contribution >= 4 is 53.3 Å². The Morgan fingerprint density at radius 3 is 2.53 bits per heavy atom. The van der Waals surface area contributed by atoms with Crippen LogP contribution in [0.3, 0.4) is 0 Å². The van der Waals surface area contributed by atoms with Crippen molar-refractivity contribution in [1.82, 2.24) is 20.2 Å². The zero-order chi connectivity index (χ0) is 21.9. The van der Waals surface area contributed by atoms with E-state index in [1.165, 1.54) is 5.56 Å². The first-order valence-electron chi connectivity index (χ1n) is 10.4. The maximum absolute atomic E-state index is 9.58. The number of aromatic nitrogens is 4. The minimum absolute atomic E-state index is 0. The van der Waals surface area contributed by atoms with Gasteiger partial charge in [-0.15, -0.1) is 24.8 Å². The van der Waals surface area contributed by atoms with E-state index in [0.29, 0.717) is 18.1 Å². The number of aromatic amines is 2. The van der Waals surface area contributed by atoms with Crippen LogP contribution < -0.4 is 4.90 Å². The van der Waals surface area contributed by atoms with Gasteiger partial charge < -0.3 is 15.0 Å². The number of hydrogen-bond donors (Lipinski definition) is 3. The Morgan fingerprint density at radius 1 is 0.941 bits per heavy atom. The zero-order valence-corrected chi connectivity index (χ0v) is 20.5. The number of aliphatic hydroxyl groups excluding tert-OH is 1. The van der Waals surface area contributed by atoms with Crippen LogP contribution in [-0.2, 0) is 6.54 Å². The van der Waals surface area contributed by atoms with E-state index < -0.39 is 0 Å². The van der Waals surface area contributed by atoms with Crippen molar-refractivity contribution in [3.63, 3.8) is 0 Å². The zero-order valence-electron chi connectivity index (χ0n) is 18.1. The lowest BCUT2D eigenvalue weighted by Gasteiger charge is -2.23. The van der Waals surface area contributed by atoms with Gasteiger partial charge in [0.1, 0.15) is 11.5 Å². The summed E-state index contributed by atoms with van der Waals surface area (Å²) in [5.41, 5.74) is 5.81. The standard InChI is InChI=1S/C25H22ClN5O.2ClH/c26-19-8-4-7-18(13-19)21-15-28-30-24(21)22-14-27-25-20(22)9-10-23(29-25)31(11-12-32)16-17-5-2-1-3-6-17;;/h1-10,13-15,32H,11-12,16H2,(H,27,29)(H,28,30);2*1H. The minimum atomic E-state index is 0. The van der Waals surface area contributed by atoms with Crippen LogP contribution in [-0.4, -0.2) is 38.4 Å². The van der Waals surface area contributed by atoms with E-state index in [2.05, 4.69) is 38.3 Å². The Labute approximate surface area is 214 Å². The normalized spacial score (nSPS) is 10.5. The molecule has 0 aliphatic carbocycles. The van der Waals surface area contributed by atoms with Crippen molar-refractivity contribution in [2.45, 2.75) is 6.54 Å². The molecule has 3 aromatic heterocycles. The number of hydrogen-bond acceptors (Lipinski definition) is 4. The second-order valence-electron chi connectivity index (χ2n) is 7.57. The number of nitrogens with one attached hydrogen (secondary N) is 2. The van der Waals surface area contributed by atoms with Crippen molar-refractivity contribution in [2.24, 2.45) is 0 Å². The first-order chi connectivity index (χ1) is 15.7. The van der Waals surface area contributed by atoms with E-state index in [-0.39, 0.29) is 31.4 Å². The fourth-order valence-corrected chi connectivity index (χ4v) is 4.13. The fourth-order valence-electron chi connectivity index (χ4n) is 3.94. The van der Waals surface area contributed by atoms with Gasteiger partial charge in [-0.1, -0.05) is 54.1 Å². The van der Waals surface area contributed by atoms with Crippen molar-refractivity contribution in [1.29, 1.82) is 0 Å². The van der Waals surface area contributed by atoms with E-state index in [4.69, 9.17) is 16.6 Å². The molecule has 0 atom stereocenters. The second-order valence-corrected chi connectivity index (χ2v) is 8.00. The SMILES string of the molecule is Cl.Cl.OCCN(Cc1ccccc1)c1ccc2c(-c3[nH]ncc3-c3cccc(Cl)c3)c[nH]c2n1. The lowest BCUT2D eigenvalue weighted by atomic mass is 10.0. The van der Waals surface area contributed by atoms with E-state index >= 15 is 0 Å². The second kappa shape index (κ2) is 11.4. The molecule has 6 nitrogen and oxygen atoms in total. The third kappa shape index (κ3) is 5.21. The number of nitrogens with zero attached hydrogens (tertiary/aromatic N) is 3. The largest absolute Gasteiger partial charge is 0.395 e. The molecule has 0 saturated carbocycles. The van der Waals surface area contributed by atoms with E-state index in [1.807, 2.05) is 60.9 Å². The van der Waals surface area contributed by atoms with Gasteiger partial charge in [0.25, 0.3) is 0 Å². The van der Waals surface area contributed by atoms with Crippen LogP contribution in [0.2, 0.25) is 5.02 Å². The molecule has 9 heteroatoms. The molecule has 3 heterocycles. The van der Waals surface area contributed by atoms with Crippen molar-refractivity contribution in [3.05, 3.63) is 89.7 Å². The molecule has 0 unspecified atom stereocenters. The van der Waals surface area contributed by atoms with Crippen LogP contribution in [0.25, 0.3) is 33.4 Å². The first-order valence-corrected chi connectivity index (χ1v) is 10.8. The third-order valence-corrected chi connectivity index (χ3v) is 5.71. The predicted molar refractivity (Wildman–Crippen MR) is 143 cm³/mol. The molecule has 0 radical (unpaired) electrons. The maximum atomic E-state index is 9.58. The number of benzene rings is 2. The highest BCUT2D eigenvalue weighted by Gasteiger charge is 2.16. The maximum Gasteiger partial charge on any atom is 0.140 e. The average molecular weight is 517 g/mol. The lowest BCUT2D eigenvalue weighted by molar-refractivity contribution is 0.301. The summed E-state index contributed by atoms with van der Waals surface area (Å²) in [6.07, 6.45) is 3.75. The molecule has 0 bridgehead atoms. The summed E-state index contributed by atoms with van der Waals surface area (Å²) in [5.74, 6) is 0.809. The topological polar surface area (TPSA) is 80.8 Å². The van der Waals surface area contributed by atoms with Gasteiger partial charge in [0, 0.05) is 40.8 Å². The number of anilines is 1. The van der Waals surface area contributed by atoms with Crippen molar-refractivity contribution in [2.75, 3.05) is 18.1 Å². The van der Waals surface area contributed by atoms with Crippen LogP contribution in [0.5, 0.6) is 0 Å². The molecule has 5 aromatic rings. The highest BCUT2D eigenvalue weighted by molar-refractivity contribution is 6.30. The monoisotopic (exact) mass is 515 g/mol. The average Bonchev–Trinajstić information content (AvgIpc) is 3.46. The van der Waals surface area contributed by atoms with E-state index in [0.717, 1.165) is 39.2 Å². The van der Waals surface area contributed by atoms with Gasteiger partial charge in [0.15, 0.2) is 0 Å². The Balaban J connectivity index is 0.00000162. The van der Waals surface area contributed by atoms with E-state index in [1.54, 1.807) is 0 Å². The summed E-state index contributed by atoms with van der Waals surface area (Å²) in [7, 11) is 0. The molecule has 0 saturated heterocycles. The number of rotatable bonds is 7. The molecule has 0 spiro atoms. The lowest BCUT2D eigenvalue weighted by Crippen LogP contribution is -2.26. The Morgan fingerprint density at radius 2 is 1.76 bits per heavy atom. The number of fused-ring (bicyclic) bond motifs is 1. The van der Waals surface area contributed by atoms with Crippen LogP contribution in [0, 0.1) is 0 Å². The number of aliphatic hydroxyl groups is 1. The summed E-state index contributed by atoms with van der Waals surface area (Å²) < 4.78 is 0. The van der Waals surface area contributed by atoms with Crippen LogP contribution in [0.4, 0.5) is 5.82 Å². The molecule has 34 heavy (non-hydrogen) atoms. The molecule has 176 valence electrons. The summed E-state index contributed by atoms with van der Waals surface area (Å²) in [6.45, 7) is 1.23. The third-order valence-electron chi connectivity index (χ3n) is 5.48. The van der Waals surface area contributed by atoms with E-state index in [9.17, 15) is 5.11 Å². The molecule has 5 rings (SSSR count). The first kappa shape index (κ1) is 25.6. The van der Waals surface area contributed by atoms with Gasteiger partial charge in [-0.3, -0.25) is 5.10 Å². The smallest absolute Gasteiger partial charge is 0.140 e. The molecule has 0 aliphatic heterocycles. The molecule has 0 fully saturated rings. The van der Waals surface area contributed by atoms with Gasteiger partial charge in [-0.2, -0.15) is 5.10 Å². The van der Waals surface area contributed by atoms with Gasteiger partial charge in [-0.25, -0.2) is 4.98 Å². The predicted octanol–water partition coefficient (Wildman–Crippen LogP) is 6.12. The van der Waals surface area contributed by atoms with Crippen molar-refractivity contribution < 1.29 is 5.11 Å². The fraction of sp³-hybridized carbons (Fsp3) is 0.120. The van der Waals surface area contributed by atoms with Gasteiger partial charge >= 0.3 is 0 Å². The van der Waals surface area contributed by atoms with Crippen LogP contribution in [0.15, 0.2) is 79.1 Å². The summed E-state index contributed by atoms with van der Waals surface area (Å²) >= 11 is 6.20. The molecule has 0 amide bonds. The molecule has 2 aromatic carbocycles. The Kier molecular flexibility index (Phi) is 8.58. The van der Waals surface area contributed by atoms with Gasteiger partial charge in [0.05, 0.1) is 18.5 Å². The summed E-state index contributed by atoms with van der Waals surface area (Å²) in [4.78, 5) is 10.2. The Hall–Kier alpha value is -3.03. The molecule has 3 N–H and O–H groups in total. The molecular formula is C25H24Cl3N5O. The summed E-state index contributed by atoms with van der Waals surface area (Å²) in [6, 6.07) is 22.0. The number of pyridine rings is 1. The van der Waals surface area contributed by atoms with Gasteiger partial charge in [-0.05, 0) is 35.4 Å². The quantitative estimate of drug-likeness (QED) is 0.244. The van der Waals surface area contributed by atoms with Crippen LogP contribution in [0.1, 0.15) is 5.56 Å². The number of H-pyrrole nitrogens is 2.